The second-order valence-corrected chi connectivity index (χ2v) is 5.19. The maximum absolute atomic E-state index is 11.7. The highest BCUT2D eigenvalue weighted by Crippen LogP contribution is 2.11. The first-order chi connectivity index (χ1) is 8.15. The fourth-order valence-electron chi connectivity index (χ4n) is 1.55. The van der Waals surface area contributed by atoms with Crippen LogP contribution in [-0.2, 0) is 4.79 Å². The Morgan fingerprint density at radius 3 is 2.65 bits per heavy atom. The minimum absolute atomic E-state index is 0.0533. The molecule has 94 valence electrons. The molecule has 0 atom stereocenters. The van der Waals surface area contributed by atoms with E-state index in [0.29, 0.717) is 12.6 Å². The molecule has 4 heteroatoms. The summed E-state index contributed by atoms with van der Waals surface area (Å²) in [5, 5.41) is 6.12. The maximum atomic E-state index is 11.7. The first-order valence-electron chi connectivity index (χ1n) is 5.94. The molecule has 3 nitrogen and oxygen atoms in total. The normalized spacial score (nSPS) is 10.4. The summed E-state index contributed by atoms with van der Waals surface area (Å²) in [6, 6.07) is 8.27. The highest BCUT2D eigenvalue weighted by atomic mass is 127. The Morgan fingerprint density at radius 1 is 1.35 bits per heavy atom. The van der Waals surface area contributed by atoms with Crippen LogP contribution in [0.2, 0.25) is 0 Å². The molecule has 17 heavy (non-hydrogen) atoms. The van der Waals surface area contributed by atoms with Gasteiger partial charge in [-0.15, -0.1) is 0 Å². The van der Waals surface area contributed by atoms with Gasteiger partial charge in [0.05, 0.1) is 6.54 Å². The number of amides is 1. The highest BCUT2D eigenvalue weighted by molar-refractivity contribution is 14.1. The van der Waals surface area contributed by atoms with Gasteiger partial charge in [0.2, 0.25) is 5.91 Å². The fraction of sp³-hybridized carbons (Fsp3) is 0.462. The summed E-state index contributed by atoms with van der Waals surface area (Å²) >= 11 is 2.25. The highest BCUT2D eigenvalue weighted by Gasteiger charge is 2.07. The predicted octanol–water partition coefficient (Wildman–Crippen LogP) is 3.01. The zero-order chi connectivity index (χ0) is 12.7. The Kier molecular flexibility index (Phi) is 6.32. The zero-order valence-corrected chi connectivity index (χ0v) is 12.5. The fourth-order valence-corrected chi connectivity index (χ4v) is 2.10. The Morgan fingerprint density at radius 2 is 2.06 bits per heavy atom. The standard InChI is InChI=1S/C13H19IN2O/c1-3-11(4-2)16-13(17)9-15-12-7-5-6-10(14)8-12/h5-8,11,15H,3-4,9H2,1-2H3,(H,16,17). The lowest BCUT2D eigenvalue weighted by molar-refractivity contribution is -0.120. The molecule has 0 saturated carbocycles. The third kappa shape index (κ3) is 5.39. The van der Waals surface area contributed by atoms with Gasteiger partial charge in [-0.2, -0.15) is 0 Å². The average Bonchev–Trinajstić information content (AvgIpc) is 2.33. The smallest absolute Gasteiger partial charge is 0.239 e. The second-order valence-electron chi connectivity index (χ2n) is 3.94. The number of hydrogen-bond donors (Lipinski definition) is 2. The van der Waals surface area contributed by atoms with Crippen molar-refractivity contribution in [3.63, 3.8) is 0 Å². The van der Waals surface area contributed by atoms with E-state index in [2.05, 4.69) is 47.1 Å². The molecule has 0 aromatic heterocycles. The van der Waals surface area contributed by atoms with Crippen LogP contribution in [0.1, 0.15) is 26.7 Å². The molecule has 0 saturated heterocycles. The van der Waals surface area contributed by atoms with E-state index in [0.717, 1.165) is 22.1 Å². The van der Waals surface area contributed by atoms with Gasteiger partial charge in [-0.3, -0.25) is 4.79 Å². The number of benzene rings is 1. The SMILES string of the molecule is CCC(CC)NC(=O)CNc1cccc(I)c1. The number of carbonyl (C=O) groups is 1. The summed E-state index contributed by atoms with van der Waals surface area (Å²) in [4.78, 5) is 11.7. The van der Waals surface area contributed by atoms with Crippen molar-refractivity contribution in [1.82, 2.24) is 5.32 Å². The third-order valence-electron chi connectivity index (χ3n) is 2.63. The average molecular weight is 346 g/mol. The molecule has 0 radical (unpaired) electrons. The summed E-state index contributed by atoms with van der Waals surface area (Å²) in [6.07, 6.45) is 1.96. The molecule has 0 aliphatic rings. The van der Waals surface area contributed by atoms with Crippen molar-refractivity contribution >= 4 is 34.2 Å². The molecule has 1 amide bonds. The van der Waals surface area contributed by atoms with Crippen LogP contribution >= 0.6 is 22.6 Å². The molecule has 0 aliphatic heterocycles. The van der Waals surface area contributed by atoms with Crippen LogP contribution in [-0.4, -0.2) is 18.5 Å². The molecular weight excluding hydrogens is 327 g/mol. The Bertz CT molecular complexity index is 364. The van der Waals surface area contributed by atoms with E-state index in [-0.39, 0.29) is 5.91 Å². The van der Waals surface area contributed by atoms with Gasteiger partial charge in [-0.25, -0.2) is 0 Å². The quantitative estimate of drug-likeness (QED) is 0.778. The van der Waals surface area contributed by atoms with Gasteiger partial charge in [0.25, 0.3) is 0 Å². The van der Waals surface area contributed by atoms with Crippen LogP contribution in [0.4, 0.5) is 5.69 Å². The van der Waals surface area contributed by atoms with Gasteiger partial charge in [-0.1, -0.05) is 19.9 Å². The molecule has 0 spiro atoms. The van der Waals surface area contributed by atoms with Crippen molar-refractivity contribution in [2.45, 2.75) is 32.7 Å². The van der Waals surface area contributed by atoms with Gasteiger partial charge < -0.3 is 10.6 Å². The Labute approximate surface area is 117 Å². The summed E-state index contributed by atoms with van der Waals surface area (Å²) in [5.41, 5.74) is 0.983. The molecule has 0 heterocycles. The van der Waals surface area contributed by atoms with Crippen molar-refractivity contribution in [2.75, 3.05) is 11.9 Å². The Hall–Kier alpha value is -0.780. The van der Waals surface area contributed by atoms with Crippen LogP contribution in [0.3, 0.4) is 0 Å². The molecule has 1 aromatic carbocycles. The van der Waals surface area contributed by atoms with Crippen molar-refractivity contribution in [3.05, 3.63) is 27.8 Å². The summed E-state index contributed by atoms with van der Waals surface area (Å²) < 4.78 is 1.16. The van der Waals surface area contributed by atoms with Crippen LogP contribution < -0.4 is 10.6 Å². The minimum Gasteiger partial charge on any atom is -0.376 e. The van der Waals surface area contributed by atoms with E-state index in [1.54, 1.807) is 0 Å². The van der Waals surface area contributed by atoms with Crippen LogP contribution in [0.15, 0.2) is 24.3 Å². The summed E-state index contributed by atoms with van der Waals surface area (Å²) in [7, 11) is 0. The van der Waals surface area contributed by atoms with Crippen LogP contribution in [0, 0.1) is 3.57 Å². The molecule has 0 fully saturated rings. The number of nitrogens with one attached hydrogen (secondary N) is 2. The lowest BCUT2D eigenvalue weighted by atomic mass is 10.2. The van der Waals surface area contributed by atoms with Gasteiger partial charge in [0.1, 0.15) is 0 Å². The van der Waals surface area contributed by atoms with E-state index < -0.39 is 0 Å². The number of hydrogen-bond acceptors (Lipinski definition) is 2. The maximum Gasteiger partial charge on any atom is 0.239 e. The summed E-state index contributed by atoms with van der Waals surface area (Å²) in [6.45, 7) is 4.50. The Balaban J connectivity index is 2.38. The zero-order valence-electron chi connectivity index (χ0n) is 10.3. The molecule has 0 aliphatic carbocycles. The number of halogens is 1. The van der Waals surface area contributed by atoms with Gasteiger partial charge in [-0.05, 0) is 53.6 Å². The lowest BCUT2D eigenvalue weighted by Gasteiger charge is -2.15. The number of anilines is 1. The van der Waals surface area contributed by atoms with Crippen LogP contribution in [0.25, 0.3) is 0 Å². The second kappa shape index (κ2) is 7.53. The van der Waals surface area contributed by atoms with Crippen molar-refractivity contribution in [3.8, 4) is 0 Å². The van der Waals surface area contributed by atoms with Crippen molar-refractivity contribution in [2.24, 2.45) is 0 Å². The predicted molar refractivity (Wildman–Crippen MR) is 80.2 cm³/mol. The van der Waals surface area contributed by atoms with Crippen molar-refractivity contribution < 1.29 is 4.79 Å². The third-order valence-corrected chi connectivity index (χ3v) is 3.30. The van der Waals surface area contributed by atoms with Gasteiger partial charge in [0, 0.05) is 15.3 Å². The molecule has 2 N–H and O–H groups in total. The van der Waals surface area contributed by atoms with E-state index >= 15 is 0 Å². The number of rotatable bonds is 6. The van der Waals surface area contributed by atoms with E-state index in [4.69, 9.17) is 0 Å². The molecular formula is C13H19IN2O. The first-order valence-corrected chi connectivity index (χ1v) is 7.02. The first kappa shape index (κ1) is 14.3. The number of carbonyl (C=O) groups excluding carboxylic acids is 1. The monoisotopic (exact) mass is 346 g/mol. The van der Waals surface area contributed by atoms with E-state index in [9.17, 15) is 4.79 Å². The molecule has 1 rings (SSSR count). The lowest BCUT2D eigenvalue weighted by Crippen LogP contribution is -2.37. The van der Waals surface area contributed by atoms with E-state index in [1.165, 1.54) is 0 Å². The van der Waals surface area contributed by atoms with Gasteiger partial charge >= 0.3 is 0 Å². The van der Waals surface area contributed by atoms with Crippen LogP contribution in [0.5, 0.6) is 0 Å². The van der Waals surface area contributed by atoms with E-state index in [1.807, 2.05) is 24.3 Å². The largest absolute Gasteiger partial charge is 0.376 e. The molecule has 1 aromatic rings. The molecule has 0 bridgehead atoms. The minimum atomic E-state index is 0.0533. The topological polar surface area (TPSA) is 41.1 Å². The summed E-state index contributed by atoms with van der Waals surface area (Å²) in [5.74, 6) is 0.0533. The molecule has 0 unspecified atom stereocenters. The van der Waals surface area contributed by atoms with Gasteiger partial charge in [0.15, 0.2) is 0 Å². The van der Waals surface area contributed by atoms with Crippen molar-refractivity contribution in [1.29, 1.82) is 0 Å².